The number of hydrogen-bond donors (Lipinski definition) is 1. The van der Waals surface area contributed by atoms with Gasteiger partial charge in [0.15, 0.2) is 5.82 Å². The second-order valence-electron chi connectivity index (χ2n) is 9.38. The summed E-state index contributed by atoms with van der Waals surface area (Å²) in [5.41, 5.74) is 7.21. The van der Waals surface area contributed by atoms with E-state index in [4.69, 9.17) is 24.9 Å². The van der Waals surface area contributed by atoms with Crippen molar-refractivity contribution in [3.63, 3.8) is 0 Å². The number of aromatic nitrogens is 4. The van der Waals surface area contributed by atoms with Crippen LogP contribution >= 0.6 is 0 Å². The number of rotatable bonds is 6. The molecule has 5 rings (SSSR count). The van der Waals surface area contributed by atoms with Crippen LogP contribution in [-0.4, -0.2) is 88.7 Å². The molecule has 1 atom stereocenters. The molecular weight excluding hydrogens is 524 g/mol. The summed E-state index contributed by atoms with van der Waals surface area (Å²) < 4.78 is 47.2. The molecule has 0 aliphatic carbocycles. The average Bonchev–Trinajstić information content (AvgIpc) is 3.61. The first kappa shape index (κ1) is 27.3. The summed E-state index contributed by atoms with van der Waals surface area (Å²) in [6.07, 6.45) is 3.64. The Balaban J connectivity index is 1.65. The van der Waals surface area contributed by atoms with Crippen molar-refractivity contribution in [3.8, 4) is 23.6 Å². The number of imidazole rings is 1. The first-order chi connectivity index (χ1) is 19.4. The van der Waals surface area contributed by atoms with Crippen molar-refractivity contribution in [1.29, 1.82) is 0 Å². The summed E-state index contributed by atoms with van der Waals surface area (Å²) in [7, 11) is 2.42. The van der Waals surface area contributed by atoms with Crippen LogP contribution in [-0.2, 0) is 16.1 Å². The van der Waals surface area contributed by atoms with E-state index in [1.807, 2.05) is 4.40 Å². The predicted octanol–water partition coefficient (Wildman–Crippen LogP) is 1.74. The summed E-state index contributed by atoms with van der Waals surface area (Å²) in [5, 5.41) is 0. The number of halogens is 2. The number of ether oxygens (including phenoxy) is 3. The Morgan fingerprint density at radius 1 is 1.18 bits per heavy atom. The summed E-state index contributed by atoms with van der Waals surface area (Å²) in [6, 6.07) is 0. The SMILES string of the molecule is C=CC(=O)N1CC[C@H](c2nc(C#Cc3c(F)c(OC)nc(OC)c3F)c3c(N)ncc(CN4CCOCC4)n23)C1. The molecule has 0 bridgehead atoms. The minimum atomic E-state index is -1.06. The molecule has 210 valence electrons. The van der Waals surface area contributed by atoms with Crippen LogP contribution in [0.25, 0.3) is 5.52 Å². The van der Waals surface area contributed by atoms with Crippen LogP contribution in [0, 0.1) is 23.5 Å². The number of hydrogen-bond acceptors (Lipinski definition) is 9. The van der Waals surface area contributed by atoms with Gasteiger partial charge in [-0.1, -0.05) is 12.5 Å². The minimum Gasteiger partial charge on any atom is -0.479 e. The van der Waals surface area contributed by atoms with Crippen LogP contribution in [0.4, 0.5) is 14.6 Å². The van der Waals surface area contributed by atoms with Gasteiger partial charge in [-0.15, -0.1) is 0 Å². The van der Waals surface area contributed by atoms with E-state index < -0.39 is 29.0 Å². The average molecular weight is 554 g/mol. The second kappa shape index (κ2) is 11.4. The van der Waals surface area contributed by atoms with Gasteiger partial charge in [-0.2, -0.15) is 13.8 Å². The van der Waals surface area contributed by atoms with Crippen molar-refractivity contribution in [2.75, 3.05) is 59.3 Å². The molecule has 0 radical (unpaired) electrons. The molecule has 5 heterocycles. The Kier molecular flexibility index (Phi) is 7.81. The highest BCUT2D eigenvalue weighted by Crippen LogP contribution is 2.32. The maximum Gasteiger partial charge on any atom is 0.254 e. The molecule has 2 fully saturated rings. The van der Waals surface area contributed by atoms with Gasteiger partial charge < -0.3 is 24.8 Å². The largest absolute Gasteiger partial charge is 0.479 e. The van der Waals surface area contributed by atoms with Crippen LogP contribution in [0.3, 0.4) is 0 Å². The molecule has 0 spiro atoms. The van der Waals surface area contributed by atoms with E-state index in [1.165, 1.54) is 20.3 Å². The third-order valence-electron chi connectivity index (χ3n) is 7.03. The third-order valence-corrected chi connectivity index (χ3v) is 7.03. The number of amides is 1. The van der Waals surface area contributed by atoms with Gasteiger partial charge in [-0.25, -0.2) is 9.97 Å². The van der Waals surface area contributed by atoms with E-state index in [-0.39, 0.29) is 23.3 Å². The summed E-state index contributed by atoms with van der Waals surface area (Å²) in [6.45, 7) is 7.84. The number of nitrogens with zero attached hydrogens (tertiary/aromatic N) is 6. The molecule has 2 aliphatic heterocycles. The van der Waals surface area contributed by atoms with Gasteiger partial charge in [-0.05, 0) is 18.4 Å². The minimum absolute atomic E-state index is 0.133. The molecule has 3 aromatic rings. The molecule has 2 aliphatic rings. The van der Waals surface area contributed by atoms with Crippen LogP contribution in [0.2, 0.25) is 0 Å². The standard InChI is InChI=1S/C27H29F2N7O4/c1-4-20(37)35-8-7-16(14-35)25-32-19(6-5-18-21(28)26(38-2)33-27(39-3)22(18)29)23-24(30)31-13-17(36(23)25)15-34-9-11-40-12-10-34/h4,13,16H,1,7-12,14-15H2,2-3H3,(H2,30,31)/t16-/m0/s1. The van der Waals surface area contributed by atoms with E-state index in [9.17, 15) is 13.6 Å². The fourth-order valence-electron chi connectivity index (χ4n) is 4.99. The number of nitrogen functional groups attached to an aromatic ring is 1. The molecule has 2 saturated heterocycles. The number of carbonyl (C=O) groups is 1. The smallest absolute Gasteiger partial charge is 0.254 e. The molecule has 40 heavy (non-hydrogen) atoms. The van der Waals surface area contributed by atoms with Crippen molar-refractivity contribution < 1.29 is 27.8 Å². The molecule has 2 N–H and O–H groups in total. The Hall–Kier alpha value is -4.28. The van der Waals surface area contributed by atoms with Gasteiger partial charge in [0.05, 0.1) is 39.3 Å². The van der Waals surface area contributed by atoms with Crippen LogP contribution in [0.1, 0.15) is 35.1 Å². The van der Waals surface area contributed by atoms with E-state index in [0.717, 1.165) is 18.8 Å². The van der Waals surface area contributed by atoms with E-state index in [2.05, 4.69) is 33.3 Å². The van der Waals surface area contributed by atoms with Crippen LogP contribution < -0.4 is 15.2 Å². The molecule has 0 aromatic carbocycles. The molecule has 1 amide bonds. The van der Waals surface area contributed by atoms with Gasteiger partial charge in [-0.3, -0.25) is 14.1 Å². The molecular formula is C27H29F2N7O4. The number of nitrogens with two attached hydrogens (primary N) is 1. The number of fused-ring (bicyclic) bond motifs is 1. The Labute approximate surface area is 229 Å². The number of carbonyl (C=O) groups excluding carboxylic acids is 1. The Morgan fingerprint density at radius 2 is 1.88 bits per heavy atom. The molecule has 13 heteroatoms. The Bertz CT molecular complexity index is 1500. The lowest BCUT2D eigenvalue weighted by Gasteiger charge is -2.27. The lowest BCUT2D eigenvalue weighted by Crippen LogP contribution is -2.36. The lowest BCUT2D eigenvalue weighted by molar-refractivity contribution is -0.125. The van der Waals surface area contributed by atoms with E-state index in [0.29, 0.717) is 50.6 Å². The Morgan fingerprint density at radius 3 is 2.52 bits per heavy atom. The zero-order chi connectivity index (χ0) is 28.4. The van der Waals surface area contributed by atoms with Gasteiger partial charge in [0.1, 0.15) is 22.6 Å². The molecule has 0 unspecified atom stereocenters. The summed E-state index contributed by atoms with van der Waals surface area (Å²) in [4.78, 5) is 29.1. The third kappa shape index (κ3) is 5.03. The first-order valence-electron chi connectivity index (χ1n) is 12.7. The maximum absolute atomic E-state index is 15.0. The zero-order valence-corrected chi connectivity index (χ0v) is 22.2. The van der Waals surface area contributed by atoms with Gasteiger partial charge in [0.25, 0.3) is 11.8 Å². The van der Waals surface area contributed by atoms with Crippen molar-refractivity contribution in [1.82, 2.24) is 29.2 Å². The van der Waals surface area contributed by atoms with E-state index in [1.54, 1.807) is 11.1 Å². The summed E-state index contributed by atoms with van der Waals surface area (Å²) in [5.74, 6) is 2.81. The van der Waals surface area contributed by atoms with Gasteiger partial charge in [0, 0.05) is 38.6 Å². The first-order valence-corrected chi connectivity index (χ1v) is 12.7. The summed E-state index contributed by atoms with van der Waals surface area (Å²) >= 11 is 0. The fraction of sp³-hybridized carbons (Fsp3) is 0.407. The van der Waals surface area contributed by atoms with Crippen molar-refractivity contribution in [2.24, 2.45) is 0 Å². The zero-order valence-electron chi connectivity index (χ0n) is 22.2. The van der Waals surface area contributed by atoms with E-state index >= 15 is 0 Å². The predicted molar refractivity (Wildman–Crippen MR) is 141 cm³/mol. The topological polar surface area (TPSA) is 120 Å². The molecule has 3 aromatic heterocycles. The second-order valence-corrected chi connectivity index (χ2v) is 9.38. The number of anilines is 1. The monoisotopic (exact) mass is 553 g/mol. The highest BCUT2D eigenvalue weighted by atomic mass is 19.1. The fourth-order valence-corrected chi connectivity index (χ4v) is 4.99. The normalized spacial score (nSPS) is 17.5. The lowest BCUT2D eigenvalue weighted by atomic mass is 10.1. The highest BCUT2D eigenvalue weighted by molar-refractivity contribution is 5.87. The van der Waals surface area contributed by atoms with Crippen molar-refractivity contribution >= 4 is 17.2 Å². The maximum atomic E-state index is 15.0. The van der Waals surface area contributed by atoms with Crippen LogP contribution in [0.15, 0.2) is 18.9 Å². The highest BCUT2D eigenvalue weighted by Gasteiger charge is 2.31. The molecule has 0 saturated carbocycles. The number of pyridine rings is 1. The quantitative estimate of drug-likeness (QED) is 0.360. The molecule has 11 nitrogen and oxygen atoms in total. The number of methoxy groups -OCH3 is 2. The van der Waals surface area contributed by atoms with Gasteiger partial charge >= 0.3 is 0 Å². The number of likely N-dealkylation sites (tertiary alicyclic amines) is 1. The van der Waals surface area contributed by atoms with Crippen molar-refractivity contribution in [2.45, 2.75) is 18.9 Å². The van der Waals surface area contributed by atoms with Crippen molar-refractivity contribution in [3.05, 3.63) is 53.3 Å². The number of morpholine rings is 1. The van der Waals surface area contributed by atoms with Gasteiger partial charge in [0.2, 0.25) is 17.5 Å². The van der Waals surface area contributed by atoms with Crippen LogP contribution in [0.5, 0.6) is 11.8 Å².